The van der Waals surface area contributed by atoms with Crippen molar-refractivity contribution in [3.05, 3.63) is 65.2 Å². The van der Waals surface area contributed by atoms with E-state index in [4.69, 9.17) is 9.47 Å². The van der Waals surface area contributed by atoms with Gasteiger partial charge in [0.25, 0.3) is 0 Å². The fraction of sp³-hybridized carbons (Fsp3) is 0.286. The van der Waals surface area contributed by atoms with Crippen LogP contribution in [0.25, 0.3) is 6.08 Å². The van der Waals surface area contributed by atoms with E-state index in [1.165, 1.54) is 6.08 Å². The molecule has 2 aromatic carbocycles. The van der Waals surface area contributed by atoms with Crippen molar-refractivity contribution in [2.24, 2.45) is 0 Å². The van der Waals surface area contributed by atoms with Gasteiger partial charge in [0.1, 0.15) is 11.5 Å². The number of methoxy groups -OCH3 is 2. The van der Waals surface area contributed by atoms with Gasteiger partial charge in [-0.05, 0) is 35.3 Å². The topological polar surface area (TPSA) is 47.6 Å². The third-order valence-electron chi connectivity index (χ3n) is 3.88. The first kappa shape index (κ1) is 18.6. The largest absolute Gasteiger partial charge is 0.496 e. The van der Waals surface area contributed by atoms with Crippen molar-refractivity contribution in [1.29, 1.82) is 0 Å². The normalized spacial score (nSPS) is 10.9. The lowest BCUT2D eigenvalue weighted by Gasteiger charge is -2.17. The Labute approximate surface area is 149 Å². The number of rotatable bonds is 7. The van der Waals surface area contributed by atoms with Crippen LogP contribution in [0.1, 0.15) is 36.5 Å². The second-order valence-corrected chi connectivity index (χ2v) is 6.03. The summed E-state index contributed by atoms with van der Waals surface area (Å²) >= 11 is 0. The van der Waals surface area contributed by atoms with E-state index in [1.807, 2.05) is 42.5 Å². The van der Waals surface area contributed by atoms with E-state index < -0.39 is 0 Å². The van der Waals surface area contributed by atoms with E-state index in [2.05, 4.69) is 19.2 Å². The van der Waals surface area contributed by atoms with Crippen molar-refractivity contribution in [2.45, 2.75) is 26.3 Å². The molecule has 0 fully saturated rings. The average molecular weight is 339 g/mol. The Morgan fingerprint density at radius 2 is 1.68 bits per heavy atom. The van der Waals surface area contributed by atoms with E-state index >= 15 is 0 Å². The lowest BCUT2D eigenvalue weighted by atomic mass is 9.98. The predicted octanol–water partition coefficient (Wildman–Crippen LogP) is 4.16. The van der Waals surface area contributed by atoms with Crippen LogP contribution >= 0.6 is 0 Å². The molecule has 1 amide bonds. The lowest BCUT2D eigenvalue weighted by Crippen LogP contribution is -2.20. The number of ether oxygens (including phenoxy) is 2. The second kappa shape index (κ2) is 8.92. The minimum absolute atomic E-state index is 0.144. The van der Waals surface area contributed by atoms with E-state index in [0.717, 1.165) is 28.2 Å². The molecule has 0 unspecified atom stereocenters. The molecule has 0 radical (unpaired) electrons. The van der Waals surface area contributed by atoms with E-state index in [0.29, 0.717) is 6.54 Å². The number of carbonyl (C=O) groups excluding carboxylic acids is 1. The summed E-state index contributed by atoms with van der Waals surface area (Å²) in [5.41, 5.74) is 2.94. The van der Waals surface area contributed by atoms with Crippen molar-refractivity contribution in [3.8, 4) is 11.5 Å². The molecule has 0 aromatic heterocycles. The second-order valence-electron chi connectivity index (χ2n) is 6.03. The van der Waals surface area contributed by atoms with Gasteiger partial charge in [-0.2, -0.15) is 0 Å². The molecule has 2 aromatic rings. The highest BCUT2D eigenvalue weighted by molar-refractivity contribution is 5.91. The highest BCUT2D eigenvalue weighted by Crippen LogP contribution is 2.36. The Kier molecular flexibility index (Phi) is 6.63. The van der Waals surface area contributed by atoms with Crippen LogP contribution in [0.4, 0.5) is 0 Å². The zero-order valence-electron chi connectivity index (χ0n) is 15.2. The molecule has 0 heterocycles. The highest BCUT2D eigenvalue weighted by atomic mass is 16.5. The van der Waals surface area contributed by atoms with Crippen molar-refractivity contribution >= 4 is 12.0 Å². The van der Waals surface area contributed by atoms with Crippen molar-refractivity contribution in [2.75, 3.05) is 14.2 Å². The smallest absolute Gasteiger partial charge is 0.244 e. The molecule has 25 heavy (non-hydrogen) atoms. The van der Waals surface area contributed by atoms with Gasteiger partial charge in [-0.3, -0.25) is 4.79 Å². The molecule has 4 nitrogen and oxygen atoms in total. The maximum Gasteiger partial charge on any atom is 0.244 e. The molecule has 0 aliphatic heterocycles. The Morgan fingerprint density at radius 3 is 2.20 bits per heavy atom. The predicted molar refractivity (Wildman–Crippen MR) is 101 cm³/mol. The van der Waals surface area contributed by atoms with E-state index in [-0.39, 0.29) is 11.8 Å². The molecule has 1 N–H and O–H groups in total. The number of amides is 1. The number of carbonyl (C=O) groups is 1. The summed E-state index contributed by atoms with van der Waals surface area (Å²) in [6.07, 6.45) is 3.28. The van der Waals surface area contributed by atoms with Gasteiger partial charge in [0, 0.05) is 18.2 Å². The lowest BCUT2D eigenvalue weighted by molar-refractivity contribution is -0.116. The summed E-state index contributed by atoms with van der Waals surface area (Å²) in [6, 6.07) is 13.6. The molecular formula is C21H25NO3. The SMILES string of the molecule is COc1cc(/C=C/C(=O)NCc2ccccc2)cc(OC)c1C(C)C. The fourth-order valence-electron chi connectivity index (χ4n) is 2.64. The molecule has 0 spiro atoms. The van der Waals surface area contributed by atoms with Crippen molar-refractivity contribution in [3.63, 3.8) is 0 Å². The summed E-state index contributed by atoms with van der Waals surface area (Å²) in [6.45, 7) is 4.68. The standard InChI is InChI=1S/C21H25NO3/c1-15(2)21-18(24-3)12-17(13-19(21)25-4)10-11-20(23)22-14-16-8-6-5-7-9-16/h5-13,15H,14H2,1-4H3,(H,22,23)/b11-10+. The Balaban J connectivity index is 2.10. The Bertz CT molecular complexity index is 711. The van der Waals surface area contributed by atoms with Crippen LogP contribution < -0.4 is 14.8 Å². The minimum Gasteiger partial charge on any atom is -0.496 e. The van der Waals surface area contributed by atoms with Crippen LogP contribution in [0.2, 0.25) is 0 Å². The molecule has 0 saturated heterocycles. The summed E-state index contributed by atoms with van der Waals surface area (Å²) in [7, 11) is 3.28. The fourth-order valence-corrected chi connectivity index (χ4v) is 2.64. The van der Waals surface area contributed by atoms with Crippen LogP contribution in [0, 0.1) is 0 Å². The monoisotopic (exact) mass is 339 g/mol. The molecule has 0 aliphatic rings. The Hall–Kier alpha value is -2.75. The van der Waals surface area contributed by atoms with Crippen LogP contribution in [-0.4, -0.2) is 20.1 Å². The number of hydrogen-bond acceptors (Lipinski definition) is 3. The maximum absolute atomic E-state index is 12.0. The molecule has 4 heteroatoms. The van der Waals surface area contributed by atoms with Gasteiger partial charge < -0.3 is 14.8 Å². The third-order valence-corrected chi connectivity index (χ3v) is 3.88. The van der Waals surface area contributed by atoms with Gasteiger partial charge in [0.2, 0.25) is 5.91 Å². The zero-order chi connectivity index (χ0) is 18.2. The number of benzene rings is 2. The van der Waals surface area contributed by atoms with E-state index in [9.17, 15) is 4.79 Å². The summed E-state index contributed by atoms with van der Waals surface area (Å²) < 4.78 is 11.0. The zero-order valence-corrected chi connectivity index (χ0v) is 15.2. The summed E-state index contributed by atoms with van der Waals surface area (Å²) in [5, 5.41) is 2.87. The highest BCUT2D eigenvalue weighted by Gasteiger charge is 2.15. The van der Waals surface area contributed by atoms with Crippen LogP contribution in [0.3, 0.4) is 0 Å². The number of hydrogen-bond donors (Lipinski definition) is 1. The first-order valence-electron chi connectivity index (χ1n) is 8.31. The van der Waals surface area contributed by atoms with Gasteiger partial charge in [-0.15, -0.1) is 0 Å². The molecule has 0 atom stereocenters. The maximum atomic E-state index is 12.0. The van der Waals surface area contributed by atoms with Gasteiger partial charge in [-0.25, -0.2) is 0 Å². The quantitative estimate of drug-likeness (QED) is 0.771. The summed E-state index contributed by atoms with van der Waals surface area (Å²) in [5.74, 6) is 1.66. The first-order chi connectivity index (χ1) is 12.0. The minimum atomic E-state index is -0.144. The first-order valence-corrected chi connectivity index (χ1v) is 8.31. The van der Waals surface area contributed by atoms with Crippen molar-refractivity contribution in [1.82, 2.24) is 5.32 Å². The van der Waals surface area contributed by atoms with Crippen LogP contribution in [-0.2, 0) is 11.3 Å². The molecule has 0 aliphatic carbocycles. The van der Waals surface area contributed by atoms with Gasteiger partial charge in [-0.1, -0.05) is 44.2 Å². The van der Waals surface area contributed by atoms with Crippen LogP contribution in [0.5, 0.6) is 11.5 Å². The molecule has 0 bridgehead atoms. The third kappa shape index (κ3) is 5.11. The van der Waals surface area contributed by atoms with Crippen molar-refractivity contribution < 1.29 is 14.3 Å². The molecule has 2 rings (SSSR count). The average Bonchev–Trinajstić information content (AvgIpc) is 2.64. The van der Waals surface area contributed by atoms with Gasteiger partial charge in [0.05, 0.1) is 14.2 Å². The molecule has 132 valence electrons. The Morgan fingerprint density at radius 1 is 1.08 bits per heavy atom. The van der Waals surface area contributed by atoms with Gasteiger partial charge >= 0.3 is 0 Å². The van der Waals surface area contributed by atoms with Crippen LogP contribution in [0.15, 0.2) is 48.5 Å². The molecule has 0 saturated carbocycles. The number of nitrogens with one attached hydrogen (secondary N) is 1. The summed E-state index contributed by atoms with van der Waals surface area (Å²) in [4.78, 5) is 12.0. The molecular weight excluding hydrogens is 314 g/mol. The van der Waals surface area contributed by atoms with Gasteiger partial charge in [0.15, 0.2) is 0 Å². The van der Waals surface area contributed by atoms with E-state index in [1.54, 1.807) is 20.3 Å².